The lowest BCUT2D eigenvalue weighted by Gasteiger charge is -2.38. The van der Waals surface area contributed by atoms with Crippen molar-refractivity contribution in [3.63, 3.8) is 0 Å². The van der Waals surface area contributed by atoms with Gasteiger partial charge in [0.2, 0.25) is 0 Å². The van der Waals surface area contributed by atoms with Crippen molar-refractivity contribution in [3.8, 4) is 0 Å². The number of rotatable bonds is 8. The third kappa shape index (κ3) is 6.18. The van der Waals surface area contributed by atoms with Gasteiger partial charge in [-0.05, 0) is 81.8 Å². The van der Waals surface area contributed by atoms with E-state index in [1.54, 1.807) is 0 Å². The number of amides is 1. The second-order valence-corrected chi connectivity index (χ2v) is 11.7. The van der Waals surface area contributed by atoms with Crippen LogP contribution in [0.4, 0.5) is 4.79 Å². The molecule has 0 spiro atoms. The Morgan fingerprint density at radius 2 is 1.87 bits per heavy atom. The van der Waals surface area contributed by atoms with Crippen LogP contribution >= 0.6 is 15.9 Å². The molecule has 5 rings (SSSR count). The Morgan fingerprint density at radius 3 is 2.56 bits per heavy atom. The van der Waals surface area contributed by atoms with Gasteiger partial charge in [-0.15, -0.1) is 0 Å². The Labute approximate surface area is 239 Å². The number of fused-ring (bicyclic) bond motifs is 3. The summed E-state index contributed by atoms with van der Waals surface area (Å²) >= 11 is 3.60. The highest BCUT2D eigenvalue weighted by atomic mass is 79.9. The van der Waals surface area contributed by atoms with E-state index in [2.05, 4.69) is 61.8 Å². The Hall–Kier alpha value is -2.43. The second-order valence-electron chi connectivity index (χ2n) is 10.8. The molecule has 0 saturated carbocycles. The van der Waals surface area contributed by atoms with Crippen LogP contribution in [0.1, 0.15) is 48.0 Å². The lowest BCUT2D eigenvalue weighted by Crippen LogP contribution is -2.48. The number of H-pyrrole nitrogens is 1. The van der Waals surface area contributed by atoms with Crippen molar-refractivity contribution in [1.29, 1.82) is 0 Å². The molecule has 1 saturated heterocycles. The number of ether oxygens (including phenoxy) is 1. The van der Waals surface area contributed by atoms with Gasteiger partial charge in [0.15, 0.2) is 0 Å². The third-order valence-electron chi connectivity index (χ3n) is 7.97. The lowest BCUT2D eigenvalue weighted by atomic mass is 9.92. The number of aromatic nitrogens is 1. The van der Waals surface area contributed by atoms with Gasteiger partial charge in [0.05, 0.1) is 6.61 Å². The molecule has 0 radical (unpaired) electrons. The van der Waals surface area contributed by atoms with Crippen molar-refractivity contribution < 1.29 is 14.6 Å². The molecule has 1 aromatic heterocycles. The maximum absolute atomic E-state index is 13.0. The molecule has 1 amide bonds. The Bertz CT molecular complexity index is 1270. The van der Waals surface area contributed by atoms with E-state index in [1.807, 2.05) is 42.2 Å². The van der Waals surface area contributed by atoms with E-state index in [9.17, 15) is 9.90 Å². The summed E-state index contributed by atoms with van der Waals surface area (Å²) in [5.74, 6) is 0. The molecule has 2 atom stereocenters. The molecule has 0 bridgehead atoms. The number of halogens is 1. The molecule has 2 aliphatic heterocycles. The number of aliphatic hydroxyl groups excluding tert-OH is 1. The largest absolute Gasteiger partial charge is 0.450 e. The summed E-state index contributed by atoms with van der Waals surface area (Å²) in [5, 5.41) is 12.4. The zero-order valence-corrected chi connectivity index (χ0v) is 24.8. The fraction of sp³-hybridized carbons (Fsp3) is 0.500. The maximum Gasteiger partial charge on any atom is 0.410 e. The number of benzene rings is 2. The maximum atomic E-state index is 13.0. The average molecular weight is 599 g/mol. The van der Waals surface area contributed by atoms with Crippen molar-refractivity contribution in [2.75, 3.05) is 66.5 Å². The molecule has 0 aliphatic carbocycles. The Kier molecular flexibility index (Phi) is 8.93. The summed E-state index contributed by atoms with van der Waals surface area (Å²) in [4.78, 5) is 25.3. The SMILES string of the molecule is CCOC(=O)N1CCc2c([nH]c3ccc(Br)cc23)C1c1ccc(C(O)N2CCN(CCCN(C)C)CC2)cc1. The lowest BCUT2D eigenvalue weighted by molar-refractivity contribution is -0.0275. The summed E-state index contributed by atoms with van der Waals surface area (Å²) in [6.07, 6.45) is 0.979. The van der Waals surface area contributed by atoms with Gasteiger partial charge in [0.1, 0.15) is 12.3 Å². The predicted molar refractivity (Wildman–Crippen MR) is 158 cm³/mol. The molecule has 2 unspecified atom stereocenters. The van der Waals surface area contributed by atoms with Gasteiger partial charge < -0.3 is 24.6 Å². The number of hydrogen-bond donors (Lipinski definition) is 2. The number of nitrogens with zero attached hydrogens (tertiary/aromatic N) is 4. The van der Waals surface area contributed by atoms with Crippen LogP contribution in [0.25, 0.3) is 10.9 Å². The zero-order chi connectivity index (χ0) is 27.5. The summed E-state index contributed by atoms with van der Waals surface area (Å²) in [7, 11) is 4.22. The minimum Gasteiger partial charge on any atom is -0.450 e. The quantitative estimate of drug-likeness (QED) is 0.395. The van der Waals surface area contributed by atoms with Crippen LogP contribution in [0.2, 0.25) is 0 Å². The van der Waals surface area contributed by atoms with Crippen LogP contribution in [0.3, 0.4) is 0 Å². The number of nitrogens with one attached hydrogen (secondary N) is 1. The Balaban J connectivity index is 1.34. The fourth-order valence-corrected chi connectivity index (χ4v) is 6.27. The number of hydrogen-bond acceptors (Lipinski definition) is 6. The molecule has 210 valence electrons. The predicted octanol–water partition coefficient (Wildman–Crippen LogP) is 4.59. The van der Waals surface area contributed by atoms with Gasteiger partial charge in [-0.25, -0.2) is 4.79 Å². The van der Waals surface area contributed by atoms with Gasteiger partial charge in [-0.1, -0.05) is 40.2 Å². The molecule has 2 aliphatic rings. The number of carbonyl (C=O) groups excluding carboxylic acids is 1. The first kappa shape index (κ1) is 28.1. The first-order chi connectivity index (χ1) is 18.9. The first-order valence-corrected chi connectivity index (χ1v) is 14.8. The van der Waals surface area contributed by atoms with E-state index in [0.717, 1.165) is 78.9 Å². The highest BCUT2D eigenvalue weighted by Crippen LogP contribution is 2.39. The molecule has 2 N–H and O–H groups in total. The third-order valence-corrected chi connectivity index (χ3v) is 8.47. The van der Waals surface area contributed by atoms with E-state index >= 15 is 0 Å². The summed E-state index contributed by atoms with van der Waals surface area (Å²) in [6.45, 7) is 8.58. The number of piperazine rings is 1. The summed E-state index contributed by atoms with van der Waals surface area (Å²) < 4.78 is 6.48. The molecule has 3 heterocycles. The van der Waals surface area contributed by atoms with Crippen LogP contribution in [0, 0.1) is 0 Å². The van der Waals surface area contributed by atoms with Crippen molar-refractivity contribution in [3.05, 3.63) is 69.3 Å². The highest BCUT2D eigenvalue weighted by Gasteiger charge is 2.35. The van der Waals surface area contributed by atoms with Crippen molar-refractivity contribution in [1.82, 2.24) is 24.6 Å². The first-order valence-electron chi connectivity index (χ1n) is 14.0. The van der Waals surface area contributed by atoms with Gasteiger partial charge in [-0.3, -0.25) is 9.80 Å². The van der Waals surface area contributed by atoms with Crippen LogP contribution in [-0.2, 0) is 11.2 Å². The molecular weight excluding hydrogens is 558 g/mol. The van der Waals surface area contributed by atoms with Crippen molar-refractivity contribution >= 4 is 32.9 Å². The second kappa shape index (κ2) is 12.4. The van der Waals surface area contributed by atoms with Crippen LogP contribution in [-0.4, -0.2) is 102 Å². The molecule has 3 aromatic rings. The summed E-state index contributed by atoms with van der Waals surface area (Å²) in [6, 6.07) is 14.1. The van der Waals surface area contributed by atoms with E-state index in [1.165, 1.54) is 10.9 Å². The van der Waals surface area contributed by atoms with Crippen LogP contribution < -0.4 is 0 Å². The number of carbonyl (C=O) groups is 1. The van der Waals surface area contributed by atoms with E-state index in [4.69, 9.17) is 4.74 Å². The highest BCUT2D eigenvalue weighted by molar-refractivity contribution is 9.10. The van der Waals surface area contributed by atoms with E-state index < -0.39 is 6.23 Å². The molecule has 39 heavy (non-hydrogen) atoms. The minimum atomic E-state index is -0.642. The van der Waals surface area contributed by atoms with Gasteiger partial charge in [0, 0.05) is 53.8 Å². The number of aliphatic hydroxyl groups is 1. The van der Waals surface area contributed by atoms with E-state index in [0.29, 0.717) is 13.2 Å². The fourth-order valence-electron chi connectivity index (χ4n) is 5.91. The molecule has 1 fully saturated rings. The van der Waals surface area contributed by atoms with Gasteiger partial charge >= 0.3 is 6.09 Å². The normalized spacial score (nSPS) is 19.4. The smallest absolute Gasteiger partial charge is 0.410 e. The minimum absolute atomic E-state index is 0.282. The van der Waals surface area contributed by atoms with Gasteiger partial charge in [0.25, 0.3) is 0 Å². The van der Waals surface area contributed by atoms with Gasteiger partial charge in [-0.2, -0.15) is 0 Å². The van der Waals surface area contributed by atoms with Crippen molar-refractivity contribution in [2.45, 2.75) is 32.0 Å². The van der Waals surface area contributed by atoms with Crippen LogP contribution in [0.5, 0.6) is 0 Å². The standard InChI is InChI=1S/C30H40BrN5O3/c1-4-39-30(38)36-15-12-24-25-20-23(31)10-11-26(25)32-27(24)28(36)21-6-8-22(9-7-21)29(37)35-18-16-34(17-19-35)14-5-13-33(2)3/h6-11,20,28-29,32,37H,4-5,12-19H2,1-3H3. The average Bonchev–Trinajstić information content (AvgIpc) is 3.30. The topological polar surface area (TPSA) is 75.3 Å². The number of aromatic amines is 1. The zero-order valence-electron chi connectivity index (χ0n) is 23.2. The molecular formula is C30H40BrN5O3. The summed E-state index contributed by atoms with van der Waals surface area (Å²) in [5.41, 5.74) is 5.20. The molecule has 2 aromatic carbocycles. The van der Waals surface area contributed by atoms with Crippen molar-refractivity contribution in [2.24, 2.45) is 0 Å². The molecule has 8 nitrogen and oxygen atoms in total. The monoisotopic (exact) mass is 597 g/mol. The van der Waals surface area contributed by atoms with Crippen LogP contribution in [0.15, 0.2) is 46.9 Å². The Morgan fingerprint density at radius 1 is 1.13 bits per heavy atom. The molecule has 9 heteroatoms. The van der Waals surface area contributed by atoms with E-state index in [-0.39, 0.29) is 12.1 Å².